The molecule has 0 aromatic heterocycles. The summed E-state index contributed by atoms with van der Waals surface area (Å²) in [5, 5.41) is 3.19. The van der Waals surface area contributed by atoms with Gasteiger partial charge in [0.15, 0.2) is 0 Å². The van der Waals surface area contributed by atoms with Gasteiger partial charge in [-0.15, -0.1) is 0 Å². The number of hydrogen-bond donors (Lipinski definition) is 1. The molecular formula is C17H29NO. The lowest BCUT2D eigenvalue weighted by Gasteiger charge is -2.24. The van der Waals surface area contributed by atoms with E-state index in [1.165, 1.54) is 11.1 Å². The number of hydrogen-bond acceptors (Lipinski definition) is 2. The molecule has 0 aliphatic heterocycles. The van der Waals surface area contributed by atoms with Crippen molar-refractivity contribution in [2.24, 2.45) is 5.92 Å². The molecule has 0 aliphatic carbocycles. The number of ether oxygens (including phenoxy) is 1. The molecule has 1 atom stereocenters. The molecule has 108 valence electrons. The number of benzene rings is 1. The predicted molar refractivity (Wildman–Crippen MR) is 83.1 cm³/mol. The minimum Gasteiger partial charge on any atom is -0.493 e. The van der Waals surface area contributed by atoms with E-state index in [9.17, 15) is 0 Å². The van der Waals surface area contributed by atoms with Crippen LogP contribution in [0.4, 0.5) is 0 Å². The summed E-state index contributed by atoms with van der Waals surface area (Å²) >= 11 is 0. The van der Waals surface area contributed by atoms with Gasteiger partial charge in [0, 0.05) is 12.5 Å². The Morgan fingerprint density at radius 3 is 2.47 bits per heavy atom. The second kappa shape index (κ2) is 6.95. The second-order valence-electron chi connectivity index (χ2n) is 6.41. The highest BCUT2D eigenvalue weighted by Crippen LogP contribution is 2.32. The highest BCUT2D eigenvalue weighted by Gasteiger charge is 2.19. The van der Waals surface area contributed by atoms with Gasteiger partial charge in [-0.2, -0.15) is 0 Å². The smallest absolute Gasteiger partial charge is 0.123 e. The Balaban J connectivity index is 2.87. The van der Waals surface area contributed by atoms with Crippen molar-refractivity contribution in [1.29, 1.82) is 0 Å². The average Bonchev–Trinajstić information content (AvgIpc) is 2.35. The molecule has 2 heteroatoms. The van der Waals surface area contributed by atoms with Crippen LogP contribution >= 0.6 is 0 Å². The van der Waals surface area contributed by atoms with E-state index in [0.29, 0.717) is 5.92 Å². The minimum absolute atomic E-state index is 0.118. The van der Waals surface area contributed by atoms with Gasteiger partial charge in [-0.1, -0.05) is 46.8 Å². The van der Waals surface area contributed by atoms with Crippen LogP contribution in [0.3, 0.4) is 0 Å². The molecule has 1 rings (SSSR count). The topological polar surface area (TPSA) is 21.3 Å². The third-order valence-electron chi connectivity index (χ3n) is 3.34. The van der Waals surface area contributed by atoms with Gasteiger partial charge in [-0.25, -0.2) is 0 Å². The Bertz CT molecular complexity index is 393. The van der Waals surface area contributed by atoms with E-state index in [2.05, 4.69) is 58.1 Å². The zero-order valence-electron chi connectivity index (χ0n) is 13.3. The highest BCUT2D eigenvalue weighted by molar-refractivity contribution is 5.41. The van der Waals surface area contributed by atoms with Crippen LogP contribution in [0.1, 0.15) is 45.7 Å². The first-order valence-corrected chi connectivity index (χ1v) is 7.29. The van der Waals surface area contributed by atoms with Gasteiger partial charge in [0.05, 0.1) is 6.61 Å². The molecule has 0 amide bonds. The number of aryl methyl sites for hydroxylation is 1. The van der Waals surface area contributed by atoms with Crippen LogP contribution in [0.5, 0.6) is 5.75 Å². The van der Waals surface area contributed by atoms with E-state index >= 15 is 0 Å². The fourth-order valence-corrected chi connectivity index (χ4v) is 2.15. The lowest BCUT2D eigenvalue weighted by Crippen LogP contribution is -2.23. The molecule has 1 aromatic rings. The third kappa shape index (κ3) is 4.87. The third-order valence-corrected chi connectivity index (χ3v) is 3.34. The summed E-state index contributed by atoms with van der Waals surface area (Å²) in [5.74, 6) is 1.55. The van der Waals surface area contributed by atoms with E-state index in [-0.39, 0.29) is 5.41 Å². The highest BCUT2D eigenvalue weighted by atomic mass is 16.5. The molecule has 2 nitrogen and oxygen atoms in total. The standard InChI is InChI=1S/C17H29NO/c1-7-14-8-9-16(15(10-14)17(3,4)5)19-12-13(2)11-18-6/h8-10,13,18H,7,11-12H2,1-6H3. The van der Waals surface area contributed by atoms with E-state index in [4.69, 9.17) is 4.74 Å². The fourth-order valence-electron chi connectivity index (χ4n) is 2.15. The fraction of sp³-hybridized carbons (Fsp3) is 0.647. The first-order chi connectivity index (χ1) is 8.88. The summed E-state index contributed by atoms with van der Waals surface area (Å²) in [6.45, 7) is 12.9. The number of nitrogens with one attached hydrogen (secondary N) is 1. The largest absolute Gasteiger partial charge is 0.493 e. The molecule has 1 aromatic carbocycles. The van der Waals surface area contributed by atoms with Crippen molar-refractivity contribution >= 4 is 0 Å². The van der Waals surface area contributed by atoms with Crippen molar-refractivity contribution in [1.82, 2.24) is 5.32 Å². The van der Waals surface area contributed by atoms with Gasteiger partial charge in [-0.3, -0.25) is 0 Å². The van der Waals surface area contributed by atoms with Gasteiger partial charge in [0.1, 0.15) is 5.75 Å². The monoisotopic (exact) mass is 263 g/mol. The maximum atomic E-state index is 6.04. The summed E-state index contributed by atoms with van der Waals surface area (Å²) in [5.41, 5.74) is 2.80. The zero-order valence-corrected chi connectivity index (χ0v) is 13.3. The second-order valence-corrected chi connectivity index (χ2v) is 6.41. The summed E-state index contributed by atoms with van der Waals surface area (Å²) in [6, 6.07) is 6.59. The maximum Gasteiger partial charge on any atom is 0.123 e. The van der Waals surface area contributed by atoms with Crippen LogP contribution in [-0.4, -0.2) is 20.2 Å². The molecule has 0 heterocycles. The van der Waals surface area contributed by atoms with Crippen LogP contribution in [0.2, 0.25) is 0 Å². The normalized spacial score (nSPS) is 13.4. The summed E-state index contributed by atoms with van der Waals surface area (Å²) in [4.78, 5) is 0. The lowest BCUT2D eigenvalue weighted by molar-refractivity contribution is 0.252. The van der Waals surface area contributed by atoms with Crippen LogP contribution in [-0.2, 0) is 11.8 Å². The van der Waals surface area contributed by atoms with Crippen LogP contribution in [0.15, 0.2) is 18.2 Å². The molecule has 0 spiro atoms. The molecule has 1 N–H and O–H groups in total. The first kappa shape index (κ1) is 16.0. The first-order valence-electron chi connectivity index (χ1n) is 7.29. The SMILES string of the molecule is CCc1ccc(OCC(C)CNC)c(C(C)(C)C)c1. The molecule has 19 heavy (non-hydrogen) atoms. The van der Waals surface area contributed by atoms with Crippen molar-refractivity contribution in [3.8, 4) is 5.75 Å². The van der Waals surface area contributed by atoms with E-state index < -0.39 is 0 Å². The van der Waals surface area contributed by atoms with Crippen molar-refractivity contribution in [2.45, 2.75) is 46.5 Å². The van der Waals surface area contributed by atoms with Crippen LogP contribution in [0.25, 0.3) is 0 Å². The Labute approximate surface area is 118 Å². The van der Waals surface area contributed by atoms with Crippen molar-refractivity contribution in [2.75, 3.05) is 20.2 Å². The molecule has 0 aliphatic rings. The summed E-state index contributed by atoms with van der Waals surface area (Å²) in [6.07, 6.45) is 1.07. The summed E-state index contributed by atoms with van der Waals surface area (Å²) < 4.78 is 6.04. The quantitative estimate of drug-likeness (QED) is 0.843. The lowest BCUT2D eigenvalue weighted by atomic mass is 9.85. The Morgan fingerprint density at radius 1 is 1.26 bits per heavy atom. The molecular weight excluding hydrogens is 234 g/mol. The van der Waals surface area contributed by atoms with E-state index in [1.807, 2.05) is 7.05 Å². The Kier molecular flexibility index (Phi) is 5.86. The minimum atomic E-state index is 0.118. The van der Waals surface area contributed by atoms with Crippen LogP contribution in [0, 0.1) is 5.92 Å². The zero-order chi connectivity index (χ0) is 14.5. The Hall–Kier alpha value is -1.02. The molecule has 0 saturated carbocycles. The van der Waals surface area contributed by atoms with E-state index in [0.717, 1.165) is 25.3 Å². The molecule has 0 bridgehead atoms. The van der Waals surface area contributed by atoms with Gasteiger partial charge in [0.25, 0.3) is 0 Å². The predicted octanol–water partition coefficient (Wildman–Crippen LogP) is 3.78. The molecule has 0 saturated heterocycles. The number of rotatable bonds is 6. The summed E-state index contributed by atoms with van der Waals surface area (Å²) in [7, 11) is 1.98. The molecule has 0 radical (unpaired) electrons. The van der Waals surface area contributed by atoms with Gasteiger partial charge in [0.2, 0.25) is 0 Å². The van der Waals surface area contributed by atoms with Crippen molar-refractivity contribution in [3.05, 3.63) is 29.3 Å². The maximum absolute atomic E-state index is 6.04. The van der Waals surface area contributed by atoms with Gasteiger partial charge < -0.3 is 10.1 Å². The van der Waals surface area contributed by atoms with Gasteiger partial charge in [-0.05, 0) is 36.1 Å². The van der Waals surface area contributed by atoms with Crippen LogP contribution < -0.4 is 10.1 Å². The molecule has 0 fully saturated rings. The average molecular weight is 263 g/mol. The van der Waals surface area contributed by atoms with Crippen molar-refractivity contribution < 1.29 is 4.74 Å². The van der Waals surface area contributed by atoms with E-state index in [1.54, 1.807) is 0 Å². The van der Waals surface area contributed by atoms with Gasteiger partial charge >= 0.3 is 0 Å². The Morgan fingerprint density at radius 2 is 1.95 bits per heavy atom. The molecule has 1 unspecified atom stereocenters. The van der Waals surface area contributed by atoms with Crippen molar-refractivity contribution in [3.63, 3.8) is 0 Å².